The molecule has 2 unspecified atom stereocenters. The first-order chi connectivity index (χ1) is 18.7. The van der Waals surface area contributed by atoms with Crippen molar-refractivity contribution < 1.29 is 33.3 Å². The van der Waals surface area contributed by atoms with Crippen LogP contribution in [0.25, 0.3) is 0 Å². The lowest BCUT2D eigenvalue weighted by Crippen LogP contribution is -2.54. The molecule has 6 rings (SSSR count). The number of thioether (sulfide) groups is 1. The molecule has 4 atom stereocenters. The number of carbonyl (C=O) groups is 2. The third-order valence-electron chi connectivity index (χ3n) is 9.14. The molecule has 4 aliphatic heterocycles. The van der Waals surface area contributed by atoms with Gasteiger partial charge in [0.05, 0.1) is 30.6 Å². The zero-order valence-corrected chi connectivity index (χ0v) is 24.2. The second-order valence-electron chi connectivity index (χ2n) is 12.0. The Hall–Kier alpha value is -2.23. The third kappa shape index (κ3) is 4.54. The first-order valence-electron chi connectivity index (χ1n) is 14.2. The Morgan fingerprint density at radius 3 is 2.64 bits per heavy atom. The fourth-order valence-corrected chi connectivity index (χ4v) is 8.19. The van der Waals surface area contributed by atoms with Gasteiger partial charge in [0.1, 0.15) is 5.76 Å². The Morgan fingerprint density at radius 2 is 1.90 bits per heavy atom. The summed E-state index contributed by atoms with van der Waals surface area (Å²) in [6, 6.07) is 4.17. The Morgan fingerprint density at radius 1 is 1.10 bits per heavy atom. The average molecular weight is 558 g/mol. The molecule has 0 aromatic heterocycles. The molecule has 0 amide bonds. The summed E-state index contributed by atoms with van der Waals surface area (Å²) in [6.45, 7) is 8.00. The standard InChI is InChI=1S/C30H39NO7S/c1-5-39-24(32)17-30(11-6-9-28(2,3)38-30)27(33)37-26-23(34-4)16-29-10-7-12-31(29)13-8-19-14-21-22(36-18-35-21)15-20(19)25(26)29/h14-16,25-26H,5-13,17-18H2,1-4H3/t25-,26?,29+,30?/m1/s1. The van der Waals surface area contributed by atoms with Crippen LogP contribution in [-0.2, 0) is 30.2 Å². The zero-order chi connectivity index (χ0) is 27.4. The molecule has 0 bridgehead atoms. The first-order valence-corrected chi connectivity index (χ1v) is 15.2. The van der Waals surface area contributed by atoms with Gasteiger partial charge in [-0.05, 0) is 94.0 Å². The Kier molecular flexibility index (Phi) is 6.91. The van der Waals surface area contributed by atoms with Crippen LogP contribution in [0.1, 0.15) is 76.3 Å². The summed E-state index contributed by atoms with van der Waals surface area (Å²) in [6.07, 6.45) is 6.53. The van der Waals surface area contributed by atoms with Crippen molar-refractivity contribution in [2.75, 3.05) is 32.7 Å². The molecule has 39 heavy (non-hydrogen) atoms. The number of ether oxygens (including phenoxy) is 5. The summed E-state index contributed by atoms with van der Waals surface area (Å²) in [5.41, 5.74) is 0.141. The van der Waals surface area contributed by atoms with Crippen molar-refractivity contribution >= 4 is 22.8 Å². The van der Waals surface area contributed by atoms with Gasteiger partial charge in [0.2, 0.25) is 6.79 Å². The lowest BCUT2D eigenvalue weighted by Gasteiger charge is -2.44. The van der Waals surface area contributed by atoms with Gasteiger partial charge in [-0.15, -0.1) is 0 Å². The maximum atomic E-state index is 14.3. The van der Waals surface area contributed by atoms with Crippen molar-refractivity contribution in [3.63, 3.8) is 0 Å². The molecule has 1 aliphatic carbocycles. The van der Waals surface area contributed by atoms with Gasteiger partial charge < -0.3 is 23.7 Å². The highest BCUT2D eigenvalue weighted by atomic mass is 32.2. The van der Waals surface area contributed by atoms with Crippen molar-refractivity contribution in [1.29, 1.82) is 0 Å². The monoisotopic (exact) mass is 557 g/mol. The molecule has 1 aromatic rings. The molecule has 1 aromatic carbocycles. The van der Waals surface area contributed by atoms with Crippen LogP contribution in [0.5, 0.6) is 11.5 Å². The summed E-state index contributed by atoms with van der Waals surface area (Å²) in [4.78, 5) is 29.7. The Bertz CT molecular complexity index is 1200. The van der Waals surface area contributed by atoms with Crippen LogP contribution >= 0.6 is 11.8 Å². The number of hydrogen-bond donors (Lipinski definition) is 0. The van der Waals surface area contributed by atoms with Crippen LogP contribution in [0.3, 0.4) is 0 Å². The quantitative estimate of drug-likeness (QED) is 0.461. The lowest BCUT2D eigenvalue weighted by atomic mass is 9.77. The summed E-state index contributed by atoms with van der Waals surface area (Å²) in [5.74, 6) is 2.16. The predicted molar refractivity (Wildman–Crippen MR) is 147 cm³/mol. The zero-order valence-electron chi connectivity index (χ0n) is 23.4. The number of fused-ring (bicyclic) bond motifs is 3. The van der Waals surface area contributed by atoms with Crippen LogP contribution in [0.4, 0.5) is 0 Å². The van der Waals surface area contributed by atoms with E-state index in [4.69, 9.17) is 23.7 Å². The van der Waals surface area contributed by atoms with Crippen LogP contribution in [0.2, 0.25) is 0 Å². The fraction of sp³-hybridized carbons (Fsp3) is 0.667. The van der Waals surface area contributed by atoms with Crippen LogP contribution < -0.4 is 9.47 Å². The number of benzene rings is 1. The van der Waals surface area contributed by atoms with Gasteiger partial charge in [-0.25, -0.2) is 4.79 Å². The van der Waals surface area contributed by atoms with Gasteiger partial charge >= 0.3 is 5.97 Å². The lowest BCUT2D eigenvalue weighted by molar-refractivity contribution is -0.213. The summed E-state index contributed by atoms with van der Waals surface area (Å²) < 4.78 is 30.4. The average Bonchev–Trinajstić information content (AvgIpc) is 3.57. The van der Waals surface area contributed by atoms with Gasteiger partial charge in [-0.2, -0.15) is 0 Å². The number of rotatable bonds is 6. The number of hydrogen-bond acceptors (Lipinski definition) is 9. The topological polar surface area (TPSA) is 83.5 Å². The molecule has 9 heteroatoms. The molecule has 1 spiro atoms. The van der Waals surface area contributed by atoms with E-state index in [1.807, 2.05) is 20.8 Å². The van der Waals surface area contributed by atoms with Gasteiger partial charge in [0.15, 0.2) is 28.3 Å². The van der Waals surface area contributed by atoms with E-state index in [0.29, 0.717) is 17.9 Å². The molecule has 8 nitrogen and oxygen atoms in total. The van der Waals surface area contributed by atoms with E-state index in [2.05, 4.69) is 23.1 Å². The van der Waals surface area contributed by atoms with E-state index in [9.17, 15) is 9.59 Å². The molecule has 0 radical (unpaired) electrons. The summed E-state index contributed by atoms with van der Waals surface area (Å²) >= 11 is 1.23. The second-order valence-corrected chi connectivity index (χ2v) is 13.3. The highest BCUT2D eigenvalue weighted by Gasteiger charge is 2.59. The molecule has 4 heterocycles. The van der Waals surface area contributed by atoms with Crippen molar-refractivity contribution in [3.8, 4) is 11.5 Å². The maximum Gasteiger partial charge on any atom is 0.339 e. The maximum absolute atomic E-state index is 14.3. The minimum atomic E-state index is -1.31. The van der Waals surface area contributed by atoms with Gasteiger partial charge in [-0.1, -0.05) is 18.7 Å². The van der Waals surface area contributed by atoms with Gasteiger partial charge in [0, 0.05) is 6.54 Å². The highest BCUT2D eigenvalue weighted by molar-refractivity contribution is 8.13. The Balaban J connectivity index is 1.40. The number of methoxy groups -OCH3 is 1. The molecule has 0 N–H and O–H groups in total. The van der Waals surface area contributed by atoms with E-state index in [1.165, 1.54) is 17.3 Å². The molecule has 2 saturated heterocycles. The number of nitrogens with zero attached hydrogens (tertiary/aromatic N) is 1. The molecule has 212 valence electrons. The third-order valence-corrected chi connectivity index (χ3v) is 9.89. The molecule has 0 saturated carbocycles. The van der Waals surface area contributed by atoms with E-state index in [1.54, 1.807) is 7.11 Å². The van der Waals surface area contributed by atoms with E-state index in [0.717, 1.165) is 62.3 Å². The van der Waals surface area contributed by atoms with Crippen molar-refractivity contribution in [1.82, 2.24) is 4.90 Å². The summed E-state index contributed by atoms with van der Waals surface area (Å²) in [7, 11) is 1.64. The number of esters is 1. The SMILES string of the molecule is CCSC(=O)CC1(C(=O)OC2C(OC)=C[C@]34CCCN3CCc3cc5c(cc3[C@H]24)OCO5)CCCC(C)(C)O1. The molecular weight excluding hydrogens is 518 g/mol. The smallest absolute Gasteiger partial charge is 0.339 e. The first kappa shape index (κ1) is 27.0. The largest absolute Gasteiger partial charge is 0.497 e. The highest BCUT2D eigenvalue weighted by Crippen LogP contribution is 2.56. The predicted octanol–water partition coefficient (Wildman–Crippen LogP) is 4.73. The Labute approximate surface area is 234 Å². The molecule has 2 fully saturated rings. The van der Waals surface area contributed by atoms with Crippen molar-refractivity contribution in [3.05, 3.63) is 35.1 Å². The second kappa shape index (κ2) is 10.00. The van der Waals surface area contributed by atoms with E-state index in [-0.39, 0.29) is 29.8 Å². The van der Waals surface area contributed by atoms with Crippen molar-refractivity contribution in [2.24, 2.45) is 0 Å². The normalized spacial score (nSPS) is 32.5. The van der Waals surface area contributed by atoms with E-state index < -0.39 is 23.3 Å². The molecule has 5 aliphatic rings. The van der Waals surface area contributed by atoms with Crippen LogP contribution in [0.15, 0.2) is 24.0 Å². The summed E-state index contributed by atoms with van der Waals surface area (Å²) in [5, 5.41) is -0.0490. The minimum Gasteiger partial charge on any atom is -0.497 e. The van der Waals surface area contributed by atoms with Gasteiger partial charge in [-0.3, -0.25) is 9.69 Å². The molecular formula is C30H39NO7S. The fourth-order valence-electron chi connectivity index (χ4n) is 7.53. The van der Waals surface area contributed by atoms with E-state index >= 15 is 0 Å². The van der Waals surface area contributed by atoms with Crippen LogP contribution in [0, 0.1) is 0 Å². The van der Waals surface area contributed by atoms with Gasteiger partial charge in [0.25, 0.3) is 0 Å². The van der Waals surface area contributed by atoms with Crippen molar-refractivity contribution in [2.45, 2.75) is 94.5 Å². The number of carbonyl (C=O) groups excluding carboxylic acids is 2. The minimum absolute atomic E-state index is 0.00370. The van der Waals surface area contributed by atoms with Crippen LogP contribution in [-0.4, -0.2) is 71.6 Å².